The minimum absolute atomic E-state index is 0.330. The van der Waals surface area contributed by atoms with Crippen LogP contribution in [0.2, 0.25) is 0 Å². The van der Waals surface area contributed by atoms with E-state index < -0.39 is 0 Å². The minimum atomic E-state index is -0.374. The second kappa shape index (κ2) is 5.58. The fraction of sp³-hybridized carbons (Fsp3) is 0.571. The van der Waals surface area contributed by atoms with Crippen LogP contribution in [-0.4, -0.2) is 6.04 Å². The molecule has 94 valence electrons. The van der Waals surface area contributed by atoms with Crippen molar-refractivity contribution in [3.05, 3.63) is 35.4 Å². The molecule has 0 aliphatic heterocycles. The zero-order valence-electron chi connectivity index (χ0n) is 10.2. The van der Waals surface area contributed by atoms with Crippen LogP contribution in [0.25, 0.3) is 0 Å². The van der Waals surface area contributed by atoms with Crippen LogP contribution in [0, 0.1) is 17.6 Å². The molecule has 1 aliphatic rings. The zero-order chi connectivity index (χ0) is 12.3. The third-order valence-electron chi connectivity index (χ3n) is 3.71. The van der Waals surface area contributed by atoms with Gasteiger partial charge in [0.2, 0.25) is 0 Å². The Hall–Kier alpha value is -0.960. The largest absolute Gasteiger partial charge is 0.310 e. The molecule has 1 aromatic carbocycles. The predicted molar refractivity (Wildman–Crippen MR) is 64.6 cm³/mol. The Kier molecular flexibility index (Phi) is 4.11. The van der Waals surface area contributed by atoms with E-state index in [9.17, 15) is 8.78 Å². The van der Waals surface area contributed by atoms with E-state index in [1.54, 1.807) is 0 Å². The SMILES string of the molecule is CCC1CCC(NCc2cc(F)ccc2F)C1. The first kappa shape index (κ1) is 12.5. The normalized spacial score (nSPS) is 24.2. The molecule has 2 atom stereocenters. The number of hydrogen-bond donors (Lipinski definition) is 1. The highest BCUT2D eigenvalue weighted by Gasteiger charge is 2.22. The van der Waals surface area contributed by atoms with Crippen molar-refractivity contribution in [1.82, 2.24) is 5.32 Å². The van der Waals surface area contributed by atoms with Gasteiger partial charge in [-0.25, -0.2) is 8.78 Å². The summed E-state index contributed by atoms with van der Waals surface area (Å²) >= 11 is 0. The fourth-order valence-corrected chi connectivity index (χ4v) is 2.56. The van der Waals surface area contributed by atoms with Gasteiger partial charge in [-0.3, -0.25) is 0 Å². The summed E-state index contributed by atoms with van der Waals surface area (Å²) in [5, 5.41) is 3.32. The van der Waals surface area contributed by atoms with Gasteiger partial charge in [0, 0.05) is 18.2 Å². The van der Waals surface area contributed by atoms with E-state index in [0.29, 0.717) is 18.2 Å². The lowest BCUT2D eigenvalue weighted by molar-refractivity contribution is 0.469. The van der Waals surface area contributed by atoms with E-state index in [1.165, 1.54) is 25.0 Å². The summed E-state index contributed by atoms with van der Waals surface area (Å²) in [7, 11) is 0. The molecule has 1 nitrogen and oxygen atoms in total. The summed E-state index contributed by atoms with van der Waals surface area (Å²) in [6.45, 7) is 2.63. The molecule has 1 aliphatic carbocycles. The van der Waals surface area contributed by atoms with Crippen molar-refractivity contribution in [2.45, 2.75) is 45.2 Å². The molecule has 0 radical (unpaired) electrons. The second-order valence-corrected chi connectivity index (χ2v) is 4.90. The summed E-state index contributed by atoms with van der Waals surface area (Å²) < 4.78 is 26.3. The quantitative estimate of drug-likeness (QED) is 0.846. The van der Waals surface area contributed by atoms with Crippen molar-refractivity contribution < 1.29 is 8.78 Å². The first-order valence-electron chi connectivity index (χ1n) is 6.36. The lowest BCUT2D eigenvalue weighted by Gasteiger charge is -2.13. The summed E-state index contributed by atoms with van der Waals surface area (Å²) in [5.41, 5.74) is 0.421. The van der Waals surface area contributed by atoms with Crippen molar-refractivity contribution in [1.29, 1.82) is 0 Å². The monoisotopic (exact) mass is 239 g/mol. The molecule has 2 rings (SSSR count). The van der Waals surface area contributed by atoms with E-state index in [2.05, 4.69) is 12.2 Å². The molecule has 3 heteroatoms. The van der Waals surface area contributed by atoms with E-state index in [1.807, 2.05) is 0 Å². The van der Waals surface area contributed by atoms with Gasteiger partial charge in [-0.05, 0) is 43.4 Å². The number of nitrogens with one attached hydrogen (secondary N) is 1. The highest BCUT2D eigenvalue weighted by molar-refractivity contribution is 5.18. The number of rotatable bonds is 4. The van der Waals surface area contributed by atoms with Gasteiger partial charge in [0.1, 0.15) is 11.6 Å². The average Bonchev–Trinajstić information content (AvgIpc) is 2.78. The topological polar surface area (TPSA) is 12.0 Å². The molecule has 0 aromatic heterocycles. The van der Waals surface area contributed by atoms with E-state index in [-0.39, 0.29) is 11.6 Å². The highest BCUT2D eigenvalue weighted by Crippen LogP contribution is 2.28. The molecule has 2 unspecified atom stereocenters. The molecule has 1 aromatic rings. The molecule has 1 fully saturated rings. The lowest BCUT2D eigenvalue weighted by Crippen LogP contribution is -2.26. The maximum Gasteiger partial charge on any atom is 0.127 e. The Labute approximate surface area is 101 Å². The fourth-order valence-electron chi connectivity index (χ4n) is 2.56. The van der Waals surface area contributed by atoms with Crippen LogP contribution >= 0.6 is 0 Å². The molecule has 17 heavy (non-hydrogen) atoms. The molecule has 0 bridgehead atoms. The summed E-state index contributed by atoms with van der Waals surface area (Å²) in [6, 6.07) is 4.08. The molecular formula is C14H19F2N. The maximum atomic E-state index is 13.4. The Morgan fingerprint density at radius 3 is 2.82 bits per heavy atom. The van der Waals surface area contributed by atoms with Gasteiger partial charge in [-0.2, -0.15) is 0 Å². The van der Waals surface area contributed by atoms with Gasteiger partial charge in [0.25, 0.3) is 0 Å². The van der Waals surface area contributed by atoms with Gasteiger partial charge >= 0.3 is 0 Å². The molecule has 1 N–H and O–H groups in total. The van der Waals surface area contributed by atoms with Gasteiger partial charge < -0.3 is 5.32 Å². The third-order valence-corrected chi connectivity index (χ3v) is 3.71. The van der Waals surface area contributed by atoms with Crippen LogP contribution in [0.5, 0.6) is 0 Å². The van der Waals surface area contributed by atoms with Crippen molar-refractivity contribution in [2.24, 2.45) is 5.92 Å². The van der Waals surface area contributed by atoms with E-state index >= 15 is 0 Å². The Morgan fingerprint density at radius 1 is 1.29 bits per heavy atom. The number of halogens is 2. The zero-order valence-corrected chi connectivity index (χ0v) is 10.2. The first-order chi connectivity index (χ1) is 8.19. The molecule has 0 amide bonds. The van der Waals surface area contributed by atoms with Crippen LogP contribution in [0.15, 0.2) is 18.2 Å². The number of hydrogen-bond acceptors (Lipinski definition) is 1. The van der Waals surface area contributed by atoms with Crippen LogP contribution in [-0.2, 0) is 6.54 Å². The molecule has 1 saturated carbocycles. The average molecular weight is 239 g/mol. The van der Waals surface area contributed by atoms with E-state index in [0.717, 1.165) is 24.8 Å². The van der Waals surface area contributed by atoms with Crippen LogP contribution < -0.4 is 5.32 Å². The smallest absolute Gasteiger partial charge is 0.127 e. The van der Waals surface area contributed by atoms with Gasteiger partial charge in [-0.1, -0.05) is 13.3 Å². The highest BCUT2D eigenvalue weighted by atomic mass is 19.1. The number of benzene rings is 1. The van der Waals surface area contributed by atoms with Crippen molar-refractivity contribution in [3.8, 4) is 0 Å². The Balaban J connectivity index is 1.88. The molecule has 0 spiro atoms. The minimum Gasteiger partial charge on any atom is -0.310 e. The standard InChI is InChI=1S/C14H19F2N/c1-2-10-3-5-13(7-10)17-9-11-8-12(15)4-6-14(11)16/h4,6,8,10,13,17H,2-3,5,7,9H2,1H3. The van der Waals surface area contributed by atoms with Gasteiger partial charge in [-0.15, -0.1) is 0 Å². The van der Waals surface area contributed by atoms with Crippen molar-refractivity contribution in [3.63, 3.8) is 0 Å². The summed E-state index contributed by atoms with van der Waals surface area (Å²) in [6.07, 6.45) is 4.77. The molecule has 0 saturated heterocycles. The molecular weight excluding hydrogens is 220 g/mol. The Bertz CT molecular complexity index is 378. The predicted octanol–water partition coefficient (Wildman–Crippen LogP) is 3.63. The first-order valence-corrected chi connectivity index (χ1v) is 6.36. The van der Waals surface area contributed by atoms with Crippen molar-refractivity contribution >= 4 is 0 Å². The summed E-state index contributed by atoms with van der Waals surface area (Å²) in [5.74, 6) is 0.0925. The van der Waals surface area contributed by atoms with Crippen LogP contribution in [0.1, 0.15) is 38.2 Å². The third kappa shape index (κ3) is 3.25. The van der Waals surface area contributed by atoms with E-state index in [4.69, 9.17) is 0 Å². The van der Waals surface area contributed by atoms with Gasteiger partial charge in [0.05, 0.1) is 0 Å². The second-order valence-electron chi connectivity index (χ2n) is 4.90. The molecule has 0 heterocycles. The Morgan fingerprint density at radius 2 is 2.12 bits per heavy atom. The lowest BCUT2D eigenvalue weighted by atomic mass is 10.1. The maximum absolute atomic E-state index is 13.4. The van der Waals surface area contributed by atoms with Gasteiger partial charge in [0.15, 0.2) is 0 Å². The summed E-state index contributed by atoms with van der Waals surface area (Å²) in [4.78, 5) is 0. The van der Waals surface area contributed by atoms with Crippen molar-refractivity contribution in [2.75, 3.05) is 0 Å². The van der Waals surface area contributed by atoms with Crippen LogP contribution in [0.3, 0.4) is 0 Å². The van der Waals surface area contributed by atoms with Crippen LogP contribution in [0.4, 0.5) is 8.78 Å².